The molecule has 0 saturated carbocycles. The first-order valence-corrected chi connectivity index (χ1v) is 12.3. The Morgan fingerprint density at radius 3 is 2.57 bits per heavy atom. The summed E-state index contributed by atoms with van der Waals surface area (Å²) in [6.07, 6.45) is 5.50. The predicted octanol–water partition coefficient (Wildman–Crippen LogP) is 4.89. The molecule has 188 valence electrons. The van der Waals surface area contributed by atoms with Crippen LogP contribution in [-0.4, -0.2) is 53.0 Å². The molecule has 7 nitrogen and oxygen atoms in total. The highest BCUT2D eigenvalue weighted by Gasteiger charge is 2.18. The highest BCUT2D eigenvalue weighted by Crippen LogP contribution is 2.21. The molecule has 0 aliphatic heterocycles. The average molecular weight is 492 g/mol. The second-order valence-corrected chi connectivity index (χ2v) is 8.96. The SMILES string of the molecule is C=NC(CN(C)C(=NCc1ccc(C)cn1)c1cccc(CNC)c1)c1ccc(-c2ccccn2)cn1. The van der Waals surface area contributed by atoms with Crippen molar-refractivity contribution in [2.45, 2.75) is 26.1 Å². The molecule has 0 aliphatic rings. The van der Waals surface area contributed by atoms with Crippen molar-refractivity contribution in [1.29, 1.82) is 0 Å². The molecule has 1 aromatic carbocycles. The maximum Gasteiger partial charge on any atom is 0.131 e. The Labute approximate surface area is 219 Å². The van der Waals surface area contributed by atoms with Crippen LogP contribution >= 0.6 is 0 Å². The number of pyridine rings is 3. The Bertz CT molecular complexity index is 1320. The zero-order chi connectivity index (χ0) is 26.0. The van der Waals surface area contributed by atoms with Crippen LogP contribution < -0.4 is 5.32 Å². The quantitative estimate of drug-likeness (QED) is 0.253. The third-order valence-electron chi connectivity index (χ3n) is 6.05. The van der Waals surface area contributed by atoms with E-state index in [0.29, 0.717) is 13.1 Å². The van der Waals surface area contributed by atoms with Crippen LogP contribution in [0.3, 0.4) is 0 Å². The minimum atomic E-state index is -0.217. The van der Waals surface area contributed by atoms with Gasteiger partial charge < -0.3 is 10.2 Å². The molecule has 0 bridgehead atoms. The second-order valence-electron chi connectivity index (χ2n) is 8.96. The van der Waals surface area contributed by atoms with Crippen molar-refractivity contribution in [3.8, 4) is 11.3 Å². The van der Waals surface area contributed by atoms with E-state index in [1.165, 1.54) is 5.56 Å². The van der Waals surface area contributed by atoms with Gasteiger partial charge in [-0.15, -0.1) is 0 Å². The molecule has 0 spiro atoms. The van der Waals surface area contributed by atoms with Crippen LogP contribution in [0.1, 0.15) is 34.1 Å². The molecule has 3 heterocycles. The molecule has 0 saturated heterocycles. The zero-order valence-corrected chi connectivity index (χ0v) is 21.7. The first-order valence-electron chi connectivity index (χ1n) is 12.3. The van der Waals surface area contributed by atoms with Gasteiger partial charge >= 0.3 is 0 Å². The minimum absolute atomic E-state index is 0.217. The van der Waals surface area contributed by atoms with Crippen molar-refractivity contribution >= 4 is 12.6 Å². The number of rotatable bonds is 10. The number of hydrogen-bond donors (Lipinski definition) is 1. The number of hydrogen-bond acceptors (Lipinski definition) is 6. The van der Waals surface area contributed by atoms with E-state index in [4.69, 9.17) is 9.98 Å². The molecule has 0 radical (unpaired) electrons. The molecule has 0 fully saturated rings. The lowest BCUT2D eigenvalue weighted by Crippen LogP contribution is -2.32. The van der Waals surface area contributed by atoms with Gasteiger partial charge in [-0.3, -0.25) is 24.9 Å². The van der Waals surface area contributed by atoms with Gasteiger partial charge in [-0.1, -0.05) is 30.3 Å². The Morgan fingerprint density at radius 1 is 1.00 bits per heavy atom. The van der Waals surface area contributed by atoms with E-state index in [1.54, 1.807) is 6.20 Å². The molecule has 0 aliphatic carbocycles. The topological polar surface area (TPSA) is 78.7 Å². The summed E-state index contributed by atoms with van der Waals surface area (Å²) in [4.78, 5) is 25.2. The van der Waals surface area contributed by atoms with E-state index >= 15 is 0 Å². The number of aromatic nitrogens is 3. The first-order chi connectivity index (χ1) is 18.1. The number of likely N-dealkylation sites (N-methyl/N-ethyl adjacent to an activating group) is 1. The van der Waals surface area contributed by atoms with Crippen LogP contribution in [-0.2, 0) is 13.1 Å². The molecular weight excluding hydrogens is 458 g/mol. The van der Waals surface area contributed by atoms with Gasteiger partial charge in [0.15, 0.2) is 0 Å². The smallest absolute Gasteiger partial charge is 0.131 e. The Kier molecular flexibility index (Phi) is 8.84. The summed E-state index contributed by atoms with van der Waals surface area (Å²) in [5, 5.41) is 3.22. The predicted molar refractivity (Wildman–Crippen MR) is 151 cm³/mol. The summed E-state index contributed by atoms with van der Waals surface area (Å²) in [6, 6.07) is 22.2. The summed E-state index contributed by atoms with van der Waals surface area (Å²) in [5.74, 6) is 0.874. The van der Waals surface area contributed by atoms with Gasteiger partial charge in [0.1, 0.15) is 11.9 Å². The van der Waals surface area contributed by atoms with E-state index in [0.717, 1.165) is 46.2 Å². The third kappa shape index (κ3) is 6.92. The highest BCUT2D eigenvalue weighted by atomic mass is 15.2. The lowest BCUT2D eigenvalue weighted by Gasteiger charge is -2.25. The number of nitrogens with one attached hydrogen (secondary N) is 1. The van der Waals surface area contributed by atoms with Crippen molar-refractivity contribution < 1.29 is 0 Å². The van der Waals surface area contributed by atoms with Crippen LogP contribution in [0, 0.1) is 6.92 Å². The number of amidine groups is 1. The van der Waals surface area contributed by atoms with E-state index < -0.39 is 0 Å². The number of benzene rings is 1. The maximum atomic E-state index is 5.00. The number of aliphatic imine (C=N–C) groups is 2. The van der Waals surface area contributed by atoms with Crippen molar-refractivity contribution in [3.05, 3.63) is 113 Å². The highest BCUT2D eigenvalue weighted by molar-refractivity contribution is 5.98. The maximum absolute atomic E-state index is 5.00. The second kappa shape index (κ2) is 12.6. The molecule has 3 aromatic heterocycles. The zero-order valence-electron chi connectivity index (χ0n) is 21.7. The molecular formula is C30H33N7. The van der Waals surface area contributed by atoms with Gasteiger partial charge in [0, 0.05) is 49.9 Å². The van der Waals surface area contributed by atoms with E-state index in [-0.39, 0.29) is 6.04 Å². The molecule has 0 amide bonds. The van der Waals surface area contributed by atoms with Crippen LogP contribution in [0.4, 0.5) is 0 Å². The molecule has 7 heteroatoms. The van der Waals surface area contributed by atoms with Crippen LogP contribution in [0.2, 0.25) is 0 Å². The van der Waals surface area contributed by atoms with Crippen molar-refractivity contribution in [2.24, 2.45) is 9.98 Å². The Morgan fingerprint density at radius 2 is 1.89 bits per heavy atom. The Hall–Kier alpha value is -4.23. The first kappa shape index (κ1) is 25.9. The molecule has 4 rings (SSSR count). The molecule has 1 atom stereocenters. The van der Waals surface area contributed by atoms with Gasteiger partial charge in [-0.05, 0) is 68.2 Å². The van der Waals surface area contributed by atoms with E-state index in [9.17, 15) is 0 Å². The van der Waals surface area contributed by atoms with Gasteiger partial charge in [-0.2, -0.15) is 0 Å². The van der Waals surface area contributed by atoms with Crippen LogP contribution in [0.25, 0.3) is 11.3 Å². The van der Waals surface area contributed by atoms with Crippen molar-refractivity contribution in [1.82, 2.24) is 25.2 Å². The normalized spacial score (nSPS) is 12.2. The van der Waals surface area contributed by atoms with Crippen LogP contribution in [0.5, 0.6) is 0 Å². The number of nitrogens with zero attached hydrogens (tertiary/aromatic N) is 6. The Balaban J connectivity index is 1.58. The van der Waals surface area contributed by atoms with Gasteiger partial charge in [0.25, 0.3) is 0 Å². The fraction of sp³-hybridized carbons (Fsp3) is 0.233. The summed E-state index contributed by atoms with van der Waals surface area (Å²) in [5.41, 5.74) is 7.00. The summed E-state index contributed by atoms with van der Waals surface area (Å²) in [7, 11) is 3.98. The van der Waals surface area contributed by atoms with Crippen molar-refractivity contribution in [3.63, 3.8) is 0 Å². The minimum Gasteiger partial charge on any atom is -0.357 e. The monoisotopic (exact) mass is 491 g/mol. The summed E-state index contributed by atoms with van der Waals surface area (Å²) >= 11 is 0. The fourth-order valence-electron chi connectivity index (χ4n) is 4.08. The largest absolute Gasteiger partial charge is 0.357 e. The summed E-state index contributed by atoms with van der Waals surface area (Å²) < 4.78 is 0. The molecule has 37 heavy (non-hydrogen) atoms. The van der Waals surface area contributed by atoms with E-state index in [1.807, 2.05) is 69.8 Å². The van der Waals surface area contributed by atoms with Crippen LogP contribution in [0.15, 0.2) is 95.3 Å². The van der Waals surface area contributed by atoms with Gasteiger partial charge in [-0.25, -0.2) is 0 Å². The molecule has 4 aromatic rings. The molecule has 1 unspecified atom stereocenters. The lowest BCUT2D eigenvalue weighted by atomic mass is 10.1. The van der Waals surface area contributed by atoms with Crippen molar-refractivity contribution in [2.75, 3.05) is 20.6 Å². The van der Waals surface area contributed by atoms with Gasteiger partial charge in [0.05, 0.1) is 23.6 Å². The molecule has 1 N–H and O–H groups in total. The van der Waals surface area contributed by atoms with Gasteiger partial charge in [0.2, 0.25) is 0 Å². The number of aryl methyl sites for hydroxylation is 1. The fourth-order valence-corrected chi connectivity index (χ4v) is 4.08. The third-order valence-corrected chi connectivity index (χ3v) is 6.05. The van der Waals surface area contributed by atoms with E-state index in [2.05, 4.69) is 62.2 Å². The summed E-state index contributed by atoms with van der Waals surface area (Å²) in [6.45, 7) is 7.74. The standard InChI is InChI=1S/C30H33N7/c1-22-11-13-26(34-17-22)20-36-30(24-9-7-8-23(16-24)18-31-2)37(4)21-29(32-3)28-14-12-25(19-35-28)27-10-5-6-15-33-27/h5-17,19,29,31H,3,18,20-21H2,1-2,4H3. The average Bonchev–Trinajstić information content (AvgIpc) is 2.94. The lowest BCUT2D eigenvalue weighted by molar-refractivity contribution is 0.452.